The molecule has 35 heavy (non-hydrogen) atoms. The monoisotopic (exact) mass is 474 g/mol. The van der Waals surface area contributed by atoms with Gasteiger partial charge in [-0.3, -0.25) is 14.6 Å². The third-order valence-corrected chi connectivity index (χ3v) is 8.47. The molecule has 184 valence electrons. The largest absolute Gasteiger partial charge is 0.347 e. The number of rotatable bonds is 5. The van der Waals surface area contributed by atoms with E-state index in [9.17, 15) is 9.18 Å². The molecular formula is C29H35FN4O. The maximum atomic E-state index is 13.1. The number of aryl methyl sites for hydroxylation is 1. The fraction of sp³-hybridized carbons (Fsp3) is 0.483. The van der Waals surface area contributed by atoms with E-state index in [1.54, 1.807) is 0 Å². The second-order valence-corrected chi connectivity index (χ2v) is 10.5. The van der Waals surface area contributed by atoms with Crippen molar-refractivity contribution in [3.63, 3.8) is 0 Å². The van der Waals surface area contributed by atoms with Crippen LogP contribution in [0.2, 0.25) is 0 Å². The maximum absolute atomic E-state index is 13.1. The quantitative estimate of drug-likeness (QED) is 0.545. The third-order valence-electron chi connectivity index (χ3n) is 8.47. The zero-order valence-corrected chi connectivity index (χ0v) is 20.7. The standard InChI is InChI=1S/C29H35FN4O/c1-31-27-6-3-14-33(23-4-2-5-23)19-26(27)25-12-11-24(18-28(25)31)34-17-16-32(20-29(34)35)15-13-21-7-9-22(30)10-8-21/h7-12,18,23H,2-6,13-17,19-20H2,1H3. The number of piperazine rings is 1. The van der Waals surface area contributed by atoms with Crippen molar-refractivity contribution in [2.75, 3.05) is 37.6 Å². The molecule has 0 spiro atoms. The highest BCUT2D eigenvalue weighted by molar-refractivity contribution is 5.98. The minimum absolute atomic E-state index is 0.154. The summed E-state index contributed by atoms with van der Waals surface area (Å²) in [7, 11) is 2.19. The van der Waals surface area contributed by atoms with Crippen LogP contribution in [-0.2, 0) is 31.2 Å². The number of anilines is 1. The van der Waals surface area contributed by atoms with Gasteiger partial charge in [0.05, 0.1) is 12.1 Å². The van der Waals surface area contributed by atoms with Gasteiger partial charge in [0.1, 0.15) is 5.82 Å². The van der Waals surface area contributed by atoms with Crippen molar-refractivity contribution in [2.45, 2.75) is 51.1 Å². The van der Waals surface area contributed by atoms with Crippen LogP contribution in [0.4, 0.5) is 10.1 Å². The summed E-state index contributed by atoms with van der Waals surface area (Å²) in [5.41, 5.74) is 6.32. The molecule has 0 bridgehead atoms. The molecule has 1 saturated carbocycles. The summed E-state index contributed by atoms with van der Waals surface area (Å²) in [5, 5.41) is 1.35. The minimum atomic E-state index is -0.208. The van der Waals surface area contributed by atoms with E-state index in [-0.39, 0.29) is 11.7 Å². The van der Waals surface area contributed by atoms with Gasteiger partial charge in [-0.05, 0) is 74.0 Å². The van der Waals surface area contributed by atoms with Crippen molar-refractivity contribution in [1.29, 1.82) is 0 Å². The van der Waals surface area contributed by atoms with Crippen LogP contribution < -0.4 is 4.90 Å². The van der Waals surface area contributed by atoms with E-state index < -0.39 is 0 Å². The lowest BCUT2D eigenvalue weighted by Gasteiger charge is -2.37. The zero-order valence-electron chi connectivity index (χ0n) is 20.7. The number of amides is 1. The van der Waals surface area contributed by atoms with Gasteiger partial charge in [0.2, 0.25) is 5.91 Å². The van der Waals surface area contributed by atoms with Gasteiger partial charge >= 0.3 is 0 Å². The number of hydrogen-bond acceptors (Lipinski definition) is 3. The Labute approximate surface area is 207 Å². The van der Waals surface area contributed by atoms with Gasteiger partial charge in [0, 0.05) is 56.0 Å². The molecule has 1 saturated heterocycles. The van der Waals surface area contributed by atoms with E-state index in [1.165, 1.54) is 66.5 Å². The molecule has 2 aliphatic heterocycles. The third kappa shape index (κ3) is 4.38. The van der Waals surface area contributed by atoms with E-state index in [0.717, 1.165) is 49.8 Å². The lowest BCUT2D eigenvalue weighted by atomic mass is 9.91. The Hall–Kier alpha value is -2.70. The zero-order chi connectivity index (χ0) is 23.9. The number of fused-ring (bicyclic) bond motifs is 3. The lowest BCUT2D eigenvalue weighted by molar-refractivity contribution is -0.121. The van der Waals surface area contributed by atoms with Crippen molar-refractivity contribution in [1.82, 2.24) is 14.4 Å². The molecule has 6 rings (SSSR count). The summed E-state index contributed by atoms with van der Waals surface area (Å²) < 4.78 is 15.5. The topological polar surface area (TPSA) is 31.7 Å². The molecule has 2 aromatic carbocycles. The van der Waals surface area contributed by atoms with Crippen LogP contribution in [0.5, 0.6) is 0 Å². The van der Waals surface area contributed by atoms with E-state index in [4.69, 9.17) is 0 Å². The number of hydrogen-bond donors (Lipinski definition) is 0. The van der Waals surface area contributed by atoms with Gasteiger partial charge in [-0.2, -0.15) is 0 Å². The average molecular weight is 475 g/mol. The number of carbonyl (C=O) groups excluding carboxylic acids is 1. The highest BCUT2D eigenvalue weighted by Gasteiger charge is 2.30. The van der Waals surface area contributed by atoms with Crippen molar-refractivity contribution in [2.24, 2.45) is 7.05 Å². The second-order valence-electron chi connectivity index (χ2n) is 10.5. The molecular weight excluding hydrogens is 439 g/mol. The summed E-state index contributed by atoms with van der Waals surface area (Å²) >= 11 is 0. The van der Waals surface area contributed by atoms with E-state index in [2.05, 4.69) is 39.6 Å². The lowest BCUT2D eigenvalue weighted by Crippen LogP contribution is -2.50. The Balaban J connectivity index is 1.17. The number of benzene rings is 2. The van der Waals surface area contributed by atoms with E-state index in [0.29, 0.717) is 13.1 Å². The van der Waals surface area contributed by atoms with Crippen LogP contribution in [0.15, 0.2) is 42.5 Å². The van der Waals surface area contributed by atoms with Crippen LogP contribution in [0.25, 0.3) is 10.9 Å². The molecule has 5 nitrogen and oxygen atoms in total. The summed E-state index contributed by atoms with van der Waals surface area (Å²) in [5.74, 6) is -0.0542. The summed E-state index contributed by atoms with van der Waals surface area (Å²) in [6.07, 6.45) is 7.25. The van der Waals surface area contributed by atoms with Gasteiger partial charge in [0.25, 0.3) is 0 Å². The SMILES string of the molecule is Cn1c2c(c3ccc(N4CCN(CCc5ccc(F)cc5)CC4=O)cc31)CN(C1CCC1)CCC2. The Kier molecular flexibility index (Phi) is 6.11. The van der Waals surface area contributed by atoms with Crippen molar-refractivity contribution >= 4 is 22.5 Å². The first kappa shape index (κ1) is 22.7. The molecule has 0 atom stereocenters. The second kappa shape index (κ2) is 9.40. The number of halogens is 1. The Morgan fingerprint density at radius 3 is 2.54 bits per heavy atom. The summed E-state index contributed by atoms with van der Waals surface area (Å²) in [6.45, 7) is 5.06. The first-order valence-electron chi connectivity index (χ1n) is 13.2. The Morgan fingerprint density at radius 2 is 1.80 bits per heavy atom. The van der Waals surface area contributed by atoms with Gasteiger partial charge in [-0.25, -0.2) is 4.39 Å². The molecule has 0 radical (unpaired) electrons. The fourth-order valence-corrected chi connectivity index (χ4v) is 6.14. The Bertz CT molecular complexity index is 1230. The van der Waals surface area contributed by atoms with Crippen LogP contribution in [0, 0.1) is 5.82 Å². The number of carbonyl (C=O) groups is 1. The predicted octanol–water partition coefficient (Wildman–Crippen LogP) is 4.51. The molecule has 6 heteroatoms. The summed E-state index contributed by atoms with van der Waals surface area (Å²) in [6, 6.07) is 14.1. The van der Waals surface area contributed by atoms with Crippen molar-refractivity contribution < 1.29 is 9.18 Å². The normalized spacial score (nSPS) is 20.2. The molecule has 3 aromatic rings. The minimum Gasteiger partial charge on any atom is -0.347 e. The maximum Gasteiger partial charge on any atom is 0.241 e. The molecule has 1 aliphatic carbocycles. The van der Waals surface area contributed by atoms with Gasteiger partial charge in [0.15, 0.2) is 0 Å². The van der Waals surface area contributed by atoms with Gasteiger partial charge in [-0.15, -0.1) is 0 Å². The highest BCUT2D eigenvalue weighted by atomic mass is 19.1. The van der Waals surface area contributed by atoms with Crippen molar-refractivity contribution in [3.8, 4) is 0 Å². The number of aromatic nitrogens is 1. The molecule has 1 aromatic heterocycles. The van der Waals surface area contributed by atoms with Crippen LogP contribution in [0.1, 0.15) is 42.5 Å². The van der Waals surface area contributed by atoms with E-state index in [1.807, 2.05) is 17.0 Å². The van der Waals surface area contributed by atoms with Gasteiger partial charge in [-0.1, -0.05) is 24.6 Å². The highest BCUT2D eigenvalue weighted by Crippen LogP contribution is 2.35. The molecule has 3 heterocycles. The molecule has 1 amide bonds. The first-order valence-corrected chi connectivity index (χ1v) is 13.2. The van der Waals surface area contributed by atoms with Gasteiger partial charge < -0.3 is 9.47 Å². The van der Waals surface area contributed by atoms with Crippen LogP contribution in [0.3, 0.4) is 0 Å². The van der Waals surface area contributed by atoms with Crippen molar-refractivity contribution in [3.05, 3.63) is 65.1 Å². The number of nitrogens with zero attached hydrogens (tertiary/aromatic N) is 4. The van der Waals surface area contributed by atoms with E-state index >= 15 is 0 Å². The predicted molar refractivity (Wildman–Crippen MR) is 138 cm³/mol. The smallest absolute Gasteiger partial charge is 0.241 e. The van der Waals surface area contributed by atoms with Crippen LogP contribution in [-0.4, -0.2) is 59.0 Å². The molecule has 2 fully saturated rings. The average Bonchev–Trinajstić information content (AvgIpc) is 2.96. The molecule has 0 N–H and O–H groups in total. The molecule has 0 unspecified atom stereocenters. The Morgan fingerprint density at radius 1 is 0.971 bits per heavy atom. The van der Waals surface area contributed by atoms with Crippen LogP contribution >= 0.6 is 0 Å². The fourth-order valence-electron chi connectivity index (χ4n) is 6.14. The first-order chi connectivity index (χ1) is 17.1. The molecule has 3 aliphatic rings. The summed E-state index contributed by atoms with van der Waals surface area (Å²) in [4.78, 5) is 20.0.